The summed E-state index contributed by atoms with van der Waals surface area (Å²) in [5.41, 5.74) is 1.65. The summed E-state index contributed by atoms with van der Waals surface area (Å²) in [6.07, 6.45) is 3.51. The Balaban J connectivity index is 2.61. The van der Waals surface area contributed by atoms with Gasteiger partial charge in [0.2, 0.25) is 0 Å². The van der Waals surface area contributed by atoms with E-state index in [1.165, 1.54) is 0 Å². The van der Waals surface area contributed by atoms with E-state index in [1.807, 2.05) is 6.07 Å². The highest BCUT2D eigenvalue weighted by Gasteiger charge is 2.02. The lowest BCUT2D eigenvalue weighted by Crippen LogP contribution is -1.77. The third kappa shape index (κ3) is 1.65. The topological polar surface area (TPSA) is 48.9 Å². The van der Waals surface area contributed by atoms with Crippen molar-refractivity contribution >= 4 is 27.0 Å². The molecule has 70 valence electrons. The second-order valence-corrected chi connectivity index (χ2v) is 3.63. The van der Waals surface area contributed by atoms with Gasteiger partial charge in [0.05, 0.1) is 5.56 Å². The Labute approximate surface area is 89.3 Å². The minimum absolute atomic E-state index is 0.131. The maximum atomic E-state index is 8.58. The second kappa shape index (κ2) is 3.82. The molecular weight excluding hydrogens is 244 g/mol. The van der Waals surface area contributed by atoms with E-state index in [0.29, 0.717) is 0 Å². The predicted molar refractivity (Wildman–Crippen MR) is 57.8 cm³/mol. The average molecular weight is 251 g/mol. The predicted octanol–water partition coefficient (Wildman–Crippen LogP) is 1.67. The fourth-order valence-electron chi connectivity index (χ4n) is 1.22. The molecule has 0 saturated heterocycles. The minimum atomic E-state index is -0.131. The molecule has 2 heterocycles. The molecule has 2 rings (SSSR count). The summed E-state index contributed by atoms with van der Waals surface area (Å²) in [6, 6.07) is 1.94. The van der Waals surface area contributed by atoms with Crippen molar-refractivity contribution in [3.8, 4) is 11.8 Å². The Morgan fingerprint density at radius 2 is 2.43 bits per heavy atom. The summed E-state index contributed by atoms with van der Waals surface area (Å²) in [5, 5.41) is 9.54. The van der Waals surface area contributed by atoms with Crippen LogP contribution < -0.4 is 0 Å². The highest BCUT2D eigenvalue weighted by molar-refractivity contribution is 9.10. The zero-order valence-electron chi connectivity index (χ0n) is 7.21. The summed E-state index contributed by atoms with van der Waals surface area (Å²) in [4.78, 5) is 7.18. The van der Waals surface area contributed by atoms with E-state index in [9.17, 15) is 0 Å². The van der Waals surface area contributed by atoms with Gasteiger partial charge >= 0.3 is 0 Å². The van der Waals surface area contributed by atoms with Crippen molar-refractivity contribution in [2.45, 2.75) is 0 Å². The summed E-state index contributed by atoms with van der Waals surface area (Å²) in [7, 11) is 0. The first-order valence-corrected chi connectivity index (χ1v) is 4.83. The van der Waals surface area contributed by atoms with Crippen molar-refractivity contribution < 1.29 is 5.11 Å². The molecule has 3 nitrogen and oxygen atoms in total. The molecule has 0 atom stereocenters. The van der Waals surface area contributed by atoms with Crippen LogP contribution in [0, 0.1) is 11.8 Å². The van der Waals surface area contributed by atoms with E-state index in [0.717, 1.165) is 21.1 Å². The number of hydrogen-bond acceptors (Lipinski definition) is 2. The fourth-order valence-corrected chi connectivity index (χ4v) is 1.55. The Kier molecular flexibility index (Phi) is 2.53. The van der Waals surface area contributed by atoms with Crippen molar-refractivity contribution in [2.75, 3.05) is 6.61 Å². The molecule has 0 aliphatic carbocycles. The fraction of sp³-hybridized carbons (Fsp3) is 0.100. The van der Waals surface area contributed by atoms with E-state index in [-0.39, 0.29) is 6.61 Å². The lowest BCUT2D eigenvalue weighted by atomic mass is 10.2. The Hall–Kier alpha value is -1.31. The van der Waals surface area contributed by atoms with Crippen LogP contribution in [0.3, 0.4) is 0 Å². The molecule has 0 bridgehead atoms. The van der Waals surface area contributed by atoms with Gasteiger partial charge in [0.25, 0.3) is 0 Å². The van der Waals surface area contributed by atoms with E-state index in [4.69, 9.17) is 5.11 Å². The quantitative estimate of drug-likeness (QED) is 0.699. The summed E-state index contributed by atoms with van der Waals surface area (Å²) < 4.78 is 0.914. The molecule has 0 radical (unpaired) electrons. The number of aliphatic hydroxyl groups is 1. The minimum Gasteiger partial charge on any atom is -0.384 e. The van der Waals surface area contributed by atoms with Crippen molar-refractivity contribution in [1.29, 1.82) is 0 Å². The number of rotatable bonds is 0. The maximum Gasteiger partial charge on any atom is 0.138 e. The van der Waals surface area contributed by atoms with Crippen LogP contribution in [-0.2, 0) is 0 Å². The number of aliphatic hydroxyl groups excluding tert-OH is 1. The number of aromatic amines is 1. The normalized spacial score (nSPS) is 9.86. The second-order valence-electron chi connectivity index (χ2n) is 2.71. The highest BCUT2D eigenvalue weighted by atomic mass is 79.9. The van der Waals surface area contributed by atoms with Gasteiger partial charge in [-0.15, -0.1) is 0 Å². The molecule has 2 aromatic rings. The lowest BCUT2D eigenvalue weighted by molar-refractivity contribution is 0.350. The molecule has 2 aromatic heterocycles. The SMILES string of the molecule is OCC#Cc1c[nH]c2ncc(Br)cc12. The lowest BCUT2D eigenvalue weighted by Gasteiger charge is -1.90. The van der Waals surface area contributed by atoms with Crippen LogP contribution in [0.5, 0.6) is 0 Å². The molecule has 0 saturated carbocycles. The van der Waals surface area contributed by atoms with Gasteiger partial charge in [0.1, 0.15) is 12.3 Å². The molecular formula is C10H7BrN2O. The van der Waals surface area contributed by atoms with Gasteiger partial charge in [-0.2, -0.15) is 0 Å². The Morgan fingerprint density at radius 1 is 1.57 bits per heavy atom. The molecule has 0 fully saturated rings. The number of aromatic nitrogens is 2. The monoisotopic (exact) mass is 250 g/mol. The molecule has 4 heteroatoms. The number of halogens is 1. The van der Waals surface area contributed by atoms with Crippen molar-refractivity contribution in [3.05, 3.63) is 28.5 Å². The van der Waals surface area contributed by atoms with Crippen LogP contribution in [-0.4, -0.2) is 21.7 Å². The smallest absolute Gasteiger partial charge is 0.138 e. The summed E-state index contributed by atoms with van der Waals surface area (Å²) in [5.74, 6) is 5.46. The van der Waals surface area contributed by atoms with Crippen molar-refractivity contribution in [2.24, 2.45) is 0 Å². The molecule has 0 spiro atoms. The number of fused-ring (bicyclic) bond motifs is 1. The van der Waals surface area contributed by atoms with Crippen molar-refractivity contribution in [1.82, 2.24) is 9.97 Å². The average Bonchev–Trinajstić information content (AvgIpc) is 2.57. The first-order valence-electron chi connectivity index (χ1n) is 4.03. The van der Waals surface area contributed by atoms with E-state index >= 15 is 0 Å². The third-order valence-corrected chi connectivity index (χ3v) is 2.23. The first-order chi connectivity index (χ1) is 6.81. The molecule has 2 N–H and O–H groups in total. The van der Waals surface area contributed by atoms with Crippen LogP contribution in [0.1, 0.15) is 5.56 Å². The van der Waals surface area contributed by atoms with Gasteiger partial charge in [-0.25, -0.2) is 4.98 Å². The molecule has 0 unspecified atom stereocenters. The Bertz CT molecular complexity index is 522. The molecule has 0 aromatic carbocycles. The van der Waals surface area contributed by atoms with Gasteiger partial charge < -0.3 is 10.1 Å². The standard InChI is InChI=1S/C10H7BrN2O/c11-8-4-9-7(2-1-3-14)5-12-10(9)13-6-8/h4-6,14H,3H2,(H,12,13). The van der Waals surface area contributed by atoms with Gasteiger partial charge in [-0.1, -0.05) is 11.8 Å². The maximum absolute atomic E-state index is 8.58. The van der Waals surface area contributed by atoms with Crippen LogP contribution in [0.15, 0.2) is 22.9 Å². The third-order valence-electron chi connectivity index (χ3n) is 1.80. The number of pyridine rings is 1. The largest absolute Gasteiger partial charge is 0.384 e. The number of nitrogens with zero attached hydrogens (tertiary/aromatic N) is 1. The zero-order chi connectivity index (χ0) is 9.97. The van der Waals surface area contributed by atoms with Crippen LogP contribution in [0.4, 0.5) is 0 Å². The number of hydrogen-bond donors (Lipinski definition) is 2. The van der Waals surface area contributed by atoms with Gasteiger partial charge in [-0.05, 0) is 22.0 Å². The number of nitrogens with one attached hydrogen (secondary N) is 1. The van der Waals surface area contributed by atoms with Crippen molar-refractivity contribution in [3.63, 3.8) is 0 Å². The Morgan fingerprint density at radius 3 is 3.21 bits per heavy atom. The first kappa shape index (κ1) is 9.25. The van der Waals surface area contributed by atoms with Gasteiger partial charge in [-0.3, -0.25) is 0 Å². The molecule has 14 heavy (non-hydrogen) atoms. The van der Waals surface area contributed by atoms with Crippen LogP contribution in [0.25, 0.3) is 11.0 Å². The highest BCUT2D eigenvalue weighted by Crippen LogP contribution is 2.19. The van der Waals surface area contributed by atoms with Crippen LogP contribution >= 0.6 is 15.9 Å². The molecule has 0 aliphatic heterocycles. The van der Waals surface area contributed by atoms with E-state index < -0.39 is 0 Å². The molecule has 0 amide bonds. The van der Waals surface area contributed by atoms with Crippen LogP contribution in [0.2, 0.25) is 0 Å². The van der Waals surface area contributed by atoms with E-state index in [1.54, 1.807) is 12.4 Å². The summed E-state index contributed by atoms with van der Waals surface area (Å²) in [6.45, 7) is -0.131. The molecule has 0 aliphatic rings. The van der Waals surface area contributed by atoms with E-state index in [2.05, 4.69) is 37.7 Å². The van der Waals surface area contributed by atoms with Gasteiger partial charge in [0.15, 0.2) is 0 Å². The summed E-state index contributed by atoms with van der Waals surface area (Å²) >= 11 is 3.35. The zero-order valence-corrected chi connectivity index (χ0v) is 8.80. The van der Waals surface area contributed by atoms with Gasteiger partial charge in [0, 0.05) is 22.3 Å². The number of H-pyrrole nitrogens is 1.